The lowest BCUT2D eigenvalue weighted by Crippen LogP contribution is -2.32. The van der Waals surface area contributed by atoms with E-state index in [1.807, 2.05) is 42.2 Å². The van der Waals surface area contributed by atoms with Crippen LogP contribution in [0.2, 0.25) is 0 Å². The van der Waals surface area contributed by atoms with Crippen LogP contribution >= 0.6 is 0 Å². The molecular formula is C22H44N3O+. The van der Waals surface area contributed by atoms with E-state index in [0.717, 1.165) is 26.3 Å². The third-order valence-electron chi connectivity index (χ3n) is 4.13. The summed E-state index contributed by atoms with van der Waals surface area (Å²) in [6.07, 6.45) is 8.95. The fourth-order valence-corrected chi connectivity index (χ4v) is 2.91. The molecule has 1 aromatic heterocycles. The van der Waals surface area contributed by atoms with Crippen molar-refractivity contribution in [3.05, 3.63) is 30.6 Å². The van der Waals surface area contributed by atoms with Gasteiger partial charge < -0.3 is 14.5 Å². The van der Waals surface area contributed by atoms with Crippen molar-refractivity contribution in [1.29, 1.82) is 0 Å². The van der Waals surface area contributed by atoms with Crippen molar-refractivity contribution in [3.63, 3.8) is 0 Å². The lowest BCUT2D eigenvalue weighted by Gasteiger charge is -2.22. The minimum Gasteiger partial charge on any atom is -0.379 e. The van der Waals surface area contributed by atoms with Gasteiger partial charge in [0, 0.05) is 25.2 Å². The van der Waals surface area contributed by atoms with Crippen molar-refractivity contribution in [2.24, 2.45) is 7.05 Å². The Morgan fingerprint density at radius 1 is 0.615 bits per heavy atom. The maximum absolute atomic E-state index is 5.80. The topological polar surface area (TPSA) is 19.6 Å². The first kappa shape index (κ1) is 25.0. The molecule has 0 amide bonds. The van der Waals surface area contributed by atoms with E-state index < -0.39 is 0 Å². The van der Waals surface area contributed by atoms with Crippen LogP contribution < -0.4 is 4.57 Å². The third kappa shape index (κ3) is 15.3. The molecule has 0 bridgehead atoms. The molecule has 4 nitrogen and oxygen atoms in total. The first-order valence-electron chi connectivity index (χ1n) is 10.6. The van der Waals surface area contributed by atoms with E-state index in [2.05, 4.69) is 37.5 Å². The van der Waals surface area contributed by atoms with E-state index >= 15 is 0 Å². The standard InChI is InChI=1S/C16H36N2O.C6H8N/c1-5-9-17(10-6-2)13-15-19-16-14-18(11-7-3)12-8-4;1-7-5-3-2-4-6-7/h5-16H2,1-4H3;2-6H,1H3/q;+1. The van der Waals surface area contributed by atoms with Crippen LogP contribution in [0.5, 0.6) is 0 Å². The Hall–Kier alpha value is -0.970. The zero-order valence-corrected chi connectivity index (χ0v) is 18.1. The molecule has 152 valence electrons. The number of aromatic nitrogens is 1. The van der Waals surface area contributed by atoms with Crippen molar-refractivity contribution in [1.82, 2.24) is 9.80 Å². The van der Waals surface area contributed by atoms with Gasteiger partial charge in [0.15, 0.2) is 12.4 Å². The van der Waals surface area contributed by atoms with E-state index in [-0.39, 0.29) is 0 Å². The highest BCUT2D eigenvalue weighted by Crippen LogP contribution is 1.96. The van der Waals surface area contributed by atoms with Gasteiger partial charge in [-0.2, -0.15) is 0 Å². The second kappa shape index (κ2) is 18.8. The molecular weight excluding hydrogens is 322 g/mol. The van der Waals surface area contributed by atoms with Gasteiger partial charge in [-0.3, -0.25) is 0 Å². The summed E-state index contributed by atoms with van der Waals surface area (Å²) in [5.74, 6) is 0. The van der Waals surface area contributed by atoms with Gasteiger partial charge >= 0.3 is 0 Å². The fraction of sp³-hybridized carbons (Fsp3) is 0.773. The van der Waals surface area contributed by atoms with E-state index in [4.69, 9.17) is 4.74 Å². The summed E-state index contributed by atoms with van der Waals surface area (Å²) in [5, 5.41) is 0. The molecule has 1 rings (SSSR count). The average molecular weight is 367 g/mol. The molecule has 0 spiro atoms. The second-order valence-electron chi connectivity index (χ2n) is 6.84. The molecule has 0 unspecified atom stereocenters. The highest BCUT2D eigenvalue weighted by molar-refractivity contribution is 4.83. The number of ether oxygens (including phenoxy) is 1. The Bertz CT molecular complexity index is 356. The maximum Gasteiger partial charge on any atom is 0.168 e. The summed E-state index contributed by atoms with van der Waals surface area (Å²) >= 11 is 0. The highest BCUT2D eigenvalue weighted by Gasteiger charge is 2.04. The first-order valence-corrected chi connectivity index (χ1v) is 10.6. The number of hydrogen-bond acceptors (Lipinski definition) is 3. The minimum absolute atomic E-state index is 0.881. The summed E-state index contributed by atoms with van der Waals surface area (Å²) in [7, 11) is 2.00. The van der Waals surface area contributed by atoms with Crippen molar-refractivity contribution in [3.8, 4) is 0 Å². The molecule has 1 aromatic rings. The molecule has 0 aromatic carbocycles. The van der Waals surface area contributed by atoms with Gasteiger partial charge in [-0.15, -0.1) is 0 Å². The SMILES string of the molecule is CCCN(CCC)CCOCCN(CCC)CCC.C[n+]1ccccc1. The zero-order valence-electron chi connectivity index (χ0n) is 18.1. The molecule has 26 heavy (non-hydrogen) atoms. The van der Waals surface area contributed by atoms with Gasteiger partial charge in [-0.05, 0) is 51.9 Å². The second-order valence-corrected chi connectivity index (χ2v) is 6.84. The van der Waals surface area contributed by atoms with Crippen LogP contribution in [0.1, 0.15) is 53.4 Å². The Balaban J connectivity index is 0.000000735. The normalized spacial score (nSPS) is 10.9. The smallest absolute Gasteiger partial charge is 0.168 e. The monoisotopic (exact) mass is 366 g/mol. The molecule has 0 aliphatic carbocycles. The van der Waals surface area contributed by atoms with Gasteiger partial charge in [0.2, 0.25) is 0 Å². The molecule has 0 aliphatic heterocycles. The van der Waals surface area contributed by atoms with E-state index in [1.165, 1.54) is 51.9 Å². The molecule has 1 heterocycles. The molecule has 4 heteroatoms. The van der Waals surface area contributed by atoms with Crippen LogP contribution in [0.4, 0.5) is 0 Å². The number of hydrogen-bond donors (Lipinski definition) is 0. The molecule has 0 saturated carbocycles. The summed E-state index contributed by atoms with van der Waals surface area (Å²) in [4.78, 5) is 5.02. The largest absolute Gasteiger partial charge is 0.379 e. The predicted octanol–water partition coefficient (Wildman–Crippen LogP) is 3.76. The molecule has 0 aliphatic rings. The van der Waals surface area contributed by atoms with Crippen LogP contribution in [0.3, 0.4) is 0 Å². The quantitative estimate of drug-likeness (QED) is 0.369. The van der Waals surface area contributed by atoms with Crippen molar-refractivity contribution in [2.75, 3.05) is 52.5 Å². The minimum atomic E-state index is 0.881. The van der Waals surface area contributed by atoms with Crippen LogP contribution in [-0.2, 0) is 11.8 Å². The van der Waals surface area contributed by atoms with Crippen LogP contribution in [0.15, 0.2) is 30.6 Å². The van der Waals surface area contributed by atoms with E-state index in [9.17, 15) is 0 Å². The number of aryl methyl sites for hydroxylation is 1. The summed E-state index contributed by atoms with van der Waals surface area (Å²) < 4.78 is 7.80. The van der Waals surface area contributed by atoms with Crippen LogP contribution in [0.25, 0.3) is 0 Å². The summed E-state index contributed by atoms with van der Waals surface area (Å²) in [6, 6.07) is 6.00. The Kier molecular flexibility index (Phi) is 18.1. The summed E-state index contributed by atoms with van der Waals surface area (Å²) in [5.41, 5.74) is 0. The average Bonchev–Trinajstić information content (AvgIpc) is 2.63. The highest BCUT2D eigenvalue weighted by atomic mass is 16.5. The first-order chi connectivity index (χ1) is 12.7. The van der Waals surface area contributed by atoms with Crippen molar-refractivity contribution in [2.45, 2.75) is 53.4 Å². The molecule has 0 saturated heterocycles. The van der Waals surface area contributed by atoms with Gasteiger partial charge in [-0.25, -0.2) is 4.57 Å². The lowest BCUT2D eigenvalue weighted by atomic mass is 10.3. The number of nitrogens with zero attached hydrogens (tertiary/aromatic N) is 3. The predicted molar refractivity (Wildman–Crippen MR) is 112 cm³/mol. The van der Waals surface area contributed by atoms with Crippen LogP contribution in [-0.4, -0.2) is 62.3 Å². The summed E-state index contributed by atoms with van der Waals surface area (Å²) in [6.45, 7) is 17.7. The van der Waals surface area contributed by atoms with Gasteiger partial charge in [0.05, 0.1) is 13.2 Å². The van der Waals surface area contributed by atoms with E-state index in [1.54, 1.807) is 0 Å². The maximum atomic E-state index is 5.80. The molecule has 0 N–H and O–H groups in total. The molecule has 0 fully saturated rings. The molecule has 0 radical (unpaired) electrons. The lowest BCUT2D eigenvalue weighted by molar-refractivity contribution is -0.671. The fourth-order valence-electron chi connectivity index (χ4n) is 2.91. The number of rotatable bonds is 14. The Morgan fingerprint density at radius 3 is 1.27 bits per heavy atom. The third-order valence-corrected chi connectivity index (χ3v) is 4.13. The Labute approximate surface area is 163 Å². The van der Waals surface area contributed by atoms with Crippen molar-refractivity contribution < 1.29 is 9.30 Å². The van der Waals surface area contributed by atoms with Gasteiger partial charge in [0.25, 0.3) is 0 Å². The van der Waals surface area contributed by atoms with E-state index in [0.29, 0.717) is 0 Å². The molecule has 0 atom stereocenters. The Morgan fingerprint density at radius 2 is 1.00 bits per heavy atom. The van der Waals surface area contributed by atoms with Gasteiger partial charge in [0.1, 0.15) is 7.05 Å². The number of pyridine rings is 1. The van der Waals surface area contributed by atoms with Crippen LogP contribution in [0, 0.1) is 0 Å². The van der Waals surface area contributed by atoms with Gasteiger partial charge in [-0.1, -0.05) is 33.8 Å². The van der Waals surface area contributed by atoms with Crippen molar-refractivity contribution >= 4 is 0 Å². The zero-order chi connectivity index (χ0) is 19.5.